The van der Waals surface area contributed by atoms with Crippen LogP contribution in [0.25, 0.3) is 0 Å². The molecule has 2 rings (SSSR count). The van der Waals surface area contributed by atoms with Gasteiger partial charge in [0.05, 0.1) is 18.1 Å². The molecule has 7 heteroatoms. The summed E-state index contributed by atoms with van der Waals surface area (Å²) in [6.07, 6.45) is 2.20. The molecule has 1 heterocycles. The van der Waals surface area contributed by atoms with Crippen LogP contribution >= 0.6 is 0 Å². The second-order valence-electron chi connectivity index (χ2n) is 5.64. The zero-order valence-corrected chi connectivity index (χ0v) is 14.5. The van der Waals surface area contributed by atoms with Crippen molar-refractivity contribution in [2.45, 2.75) is 38.0 Å². The average molecular weight is 340 g/mol. The molecule has 0 unspecified atom stereocenters. The van der Waals surface area contributed by atoms with Crippen molar-refractivity contribution in [2.75, 3.05) is 31.6 Å². The van der Waals surface area contributed by atoms with Crippen molar-refractivity contribution in [2.24, 2.45) is 0 Å². The lowest BCUT2D eigenvalue weighted by molar-refractivity contribution is -0.116. The Kier molecular flexibility index (Phi) is 6.15. The first-order chi connectivity index (χ1) is 10.9. The number of sulfonamides is 1. The third-order valence-electron chi connectivity index (χ3n) is 3.85. The molecule has 0 saturated carbocycles. The van der Waals surface area contributed by atoms with E-state index in [1.807, 2.05) is 13.8 Å². The maximum atomic E-state index is 12.7. The zero-order chi connectivity index (χ0) is 16.9. The number of amides is 1. The smallest absolute Gasteiger partial charge is 0.243 e. The number of carbonyl (C=O) groups is 1. The Morgan fingerprint density at radius 1 is 1.30 bits per heavy atom. The summed E-state index contributed by atoms with van der Waals surface area (Å²) in [5.74, 6) is -0.0872. The van der Waals surface area contributed by atoms with Crippen LogP contribution in [0.1, 0.15) is 31.7 Å². The molecule has 1 amide bonds. The molecule has 1 aromatic carbocycles. The summed E-state index contributed by atoms with van der Waals surface area (Å²) in [6, 6.07) is 4.86. The first-order valence-corrected chi connectivity index (χ1v) is 9.37. The van der Waals surface area contributed by atoms with Gasteiger partial charge in [0, 0.05) is 25.2 Å². The van der Waals surface area contributed by atoms with E-state index in [2.05, 4.69) is 5.32 Å². The van der Waals surface area contributed by atoms with Gasteiger partial charge in [0.25, 0.3) is 0 Å². The average Bonchev–Trinajstić information content (AvgIpc) is 2.55. The number of unbranched alkanes of at least 4 members (excludes halogenated alkanes) is 1. The van der Waals surface area contributed by atoms with Crippen LogP contribution in [-0.2, 0) is 19.6 Å². The summed E-state index contributed by atoms with van der Waals surface area (Å²) >= 11 is 0. The van der Waals surface area contributed by atoms with Crippen molar-refractivity contribution in [1.29, 1.82) is 0 Å². The molecule has 0 radical (unpaired) electrons. The Balaban J connectivity index is 2.20. The number of ether oxygens (including phenoxy) is 1. The molecular weight excluding hydrogens is 316 g/mol. The third kappa shape index (κ3) is 4.53. The van der Waals surface area contributed by atoms with Crippen LogP contribution < -0.4 is 5.32 Å². The summed E-state index contributed by atoms with van der Waals surface area (Å²) in [7, 11) is -3.55. The Hall–Kier alpha value is -1.44. The summed E-state index contributed by atoms with van der Waals surface area (Å²) < 4.78 is 32.0. The first-order valence-electron chi connectivity index (χ1n) is 7.93. The van der Waals surface area contributed by atoms with Gasteiger partial charge in [-0.1, -0.05) is 19.4 Å². The quantitative estimate of drug-likeness (QED) is 0.861. The molecule has 0 aromatic heterocycles. The van der Waals surface area contributed by atoms with E-state index in [1.54, 1.807) is 18.2 Å². The van der Waals surface area contributed by atoms with Crippen LogP contribution in [0.5, 0.6) is 0 Å². The molecule has 1 aliphatic rings. The van der Waals surface area contributed by atoms with E-state index in [1.165, 1.54) is 4.31 Å². The number of anilines is 1. The van der Waals surface area contributed by atoms with Crippen LogP contribution in [0.15, 0.2) is 23.1 Å². The molecule has 1 fully saturated rings. The van der Waals surface area contributed by atoms with Crippen molar-refractivity contribution in [3.8, 4) is 0 Å². The highest BCUT2D eigenvalue weighted by Crippen LogP contribution is 2.23. The van der Waals surface area contributed by atoms with Gasteiger partial charge in [-0.05, 0) is 31.0 Å². The molecule has 0 bridgehead atoms. The maximum absolute atomic E-state index is 12.7. The number of benzene rings is 1. The second kappa shape index (κ2) is 7.90. The van der Waals surface area contributed by atoms with Gasteiger partial charge in [-0.2, -0.15) is 4.31 Å². The molecule has 1 saturated heterocycles. The molecular formula is C16H24N2O4S. The van der Waals surface area contributed by atoms with Gasteiger partial charge >= 0.3 is 0 Å². The van der Waals surface area contributed by atoms with E-state index >= 15 is 0 Å². The van der Waals surface area contributed by atoms with Crippen LogP contribution in [0.3, 0.4) is 0 Å². The standard InChI is InChI=1S/C16H24N2O4S/c1-3-4-5-16(19)17-15-12-14(7-6-13(15)2)23(20,21)18-8-10-22-11-9-18/h6-7,12H,3-5,8-11H2,1-2H3,(H,17,19). The topological polar surface area (TPSA) is 75.7 Å². The number of aryl methyl sites for hydroxylation is 1. The highest BCUT2D eigenvalue weighted by atomic mass is 32.2. The molecule has 1 aliphatic heterocycles. The minimum absolute atomic E-state index is 0.0872. The van der Waals surface area contributed by atoms with E-state index in [0.29, 0.717) is 38.4 Å². The molecule has 23 heavy (non-hydrogen) atoms. The predicted octanol–water partition coefficient (Wildman–Crippen LogP) is 2.14. The Morgan fingerprint density at radius 2 is 2.00 bits per heavy atom. The SMILES string of the molecule is CCCCC(=O)Nc1cc(S(=O)(=O)N2CCOCC2)ccc1C. The van der Waals surface area contributed by atoms with E-state index in [-0.39, 0.29) is 10.8 Å². The van der Waals surface area contributed by atoms with Crippen LogP contribution in [0.4, 0.5) is 5.69 Å². The molecule has 1 N–H and O–H groups in total. The fourth-order valence-electron chi connectivity index (χ4n) is 2.38. The van der Waals surface area contributed by atoms with Gasteiger partial charge in [-0.15, -0.1) is 0 Å². The Labute approximate surface area is 137 Å². The number of hydrogen-bond acceptors (Lipinski definition) is 4. The lowest BCUT2D eigenvalue weighted by Gasteiger charge is -2.26. The van der Waals surface area contributed by atoms with Gasteiger partial charge < -0.3 is 10.1 Å². The van der Waals surface area contributed by atoms with Gasteiger partial charge in [0.15, 0.2) is 0 Å². The molecule has 0 atom stereocenters. The summed E-state index contributed by atoms with van der Waals surface area (Å²) in [5, 5.41) is 2.81. The van der Waals surface area contributed by atoms with Gasteiger partial charge in [0.1, 0.15) is 0 Å². The fourth-order valence-corrected chi connectivity index (χ4v) is 3.82. The van der Waals surface area contributed by atoms with Crippen LogP contribution in [0.2, 0.25) is 0 Å². The molecule has 0 spiro atoms. The predicted molar refractivity (Wildman–Crippen MR) is 88.9 cm³/mol. The molecule has 6 nitrogen and oxygen atoms in total. The number of nitrogens with one attached hydrogen (secondary N) is 1. The fraction of sp³-hybridized carbons (Fsp3) is 0.562. The Morgan fingerprint density at radius 3 is 2.65 bits per heavy atom. The van der Waals surface area contributed by atoms with Crippen molar-refractivity contribution in [1.82, 2.24) is 4.31 Å². The van der Waals surface area contributed by atoms with E-state index in [4.69, 9.17) is 4.74 Å². The lowest BCUT2D eigenvalue weighted by Crippen LogP contribution is -2.40. The third-order valence-corrected chi connectivity index (χ3v) is 5.74. The highest BCUT2D eigenvalue weighted by molar-refractivity contribution is 7.89. The van der Waals surface area contributed by atoms with E-state index in [0.717, 1.165) is 18.4 Å². The number of morpholine rings is 1. The number of rotatable bonds is 6. The van der Waals surface area contributed by atoms with Crippen molar-refractivity contribution < 1.29 is 17.9 Å². The van der Waals surface area contributed by atoms with E-state index < -0.39 is 10.0 Å². The van der Waals surface area contributed by atoms with Gasteiger partial charge in [0.2, 0.25) is 15.9 Å². The lowest BCUT2D eigenvalue weighted by atomic mass is 10.2. The molecule has 128 valence electrons. The zero-order valence-electron chi connectivity index (χ0n) is 13.7. The van der Waals surface area contributed by atoms with Crippen molar-refractivity contribution in [3.05, 3.63) is 23.8 Å². The Bertz CT molecular complexity index is 652. The summed E-state index contributed by atoms with van der Waals surface area (Å²) in [6.45, 7) is 5.40. The molecule has 1 aromatic rings. The van der Waals surface area contributed by atoms with Crippen LogP contribution in [-0.4, -0.2) is 44.9 Å². The monoisotopic (exact) mass is 340 g/mol. The minimum atomic E-state index is -3.55. The van der Waals surface area contributed by atoms with E-state index in [9.17, 15) is 13.2 Å². The first kappa shape index (κ1) is 17.9. The summed E-state index contributed by atoms with van der Waals surface area (Å²) in [4.78, 5) is 12.1. The largest absolute Gasteiger partial charge is 0.379 e. The second-order valence-corrected chi connectivity index (χ2v) is 7.58. The minimum Gasteiger partial charge on any atom is -0.379 e. The number of nitrogens with zero attached hydrogens (tertiary/aromatic N) is 1. The highest BCUT2D eigenvalue weighted by Gasteiger charge is 2.26. The van der Waals surface area contributed by atoms with Gasteiger partial charge in [-0.3, -0.25) is 4.79 Å². The van der Waals surface area contributed by atoms with Crippen molar-refractivity contribution >= 4 is 21.6 Å². The van der Waals surface area contributed by atoms with Crippen molar-refractivity contribution in [3.63, 3.8) is 0 Å². The van der Waals surface area contributed by atoms with Gasteiger partial charge in [-0.25, -0.2) is 8.42 Å². The molecule has 0 aliphatic carbocycles. The number of hydrogen-bond donors (Lipinski definition) is 1. The number of carbonyl (C=O) groups excluding carboxylic acids is 1. The maximum Gasteiger partial charge on any atom is 0.243 e. The summed E-state index contributed by atoms with van der Waals surface area (Å²) in [5.41, 5.74) is 1.40. The van der Waals surface area contributed by atoms with Crippen LogP contribution in [0, 0.1) is 6.92 Å². The normalized spacial score (nSPS) is 16.3.